The number of rotatable bonds is 3. The van der Waals surface area contributed by atoms with E-state index in [1.165, 1.54) is 44.4 Å². The van der Waals surface area contributed by atoms with E-state index in [1.807, 2.05) is 30.0 Å². The maximum Gasteiger partial charge on any atom is 0.261 e. The average molecular weight is 355 g/mol. The Morgan fingerprint density at radius 2 is 1.92 bits per heavy atom. The molecule has 0 spiro atoms. The molecule has 0 unspecified atom stereocenters. The lowest BCUT2D eigenvalue weighted by molar-refractivity contribution is 0.0955. The molecule has 0 saturated heterocycles. The highest BCUT2D eigenvalue weighted by Gasteiger charge is 2.21. The lowest BCUT2D eigenvalue weighted by Crippen LogP contribution is -2.21. The molecule has 120 valence electrons. The minimum Gasteiger partial charge on any atom is -0.347 e. The van der Waals surface area contributed by atoms with E-state index in [1.54, 1.807) is 12.1 Å². The van der Waals surface area contributed by atoms with Crippen LogP contribution < -0.4 is 5.32 Å². The van der Waals surface area contributed by atoms with Gasteiger partial charge >= 0.3 is 0 Å². The lowest BCUT2D eigenvalue weighted by Gasteiger charge is -2.14. The molecule has 1 aliphatic heterocycles. The van der Waals surface area contributed by atoms with Crippen molar-refractivity contribution in [3.05, 3.63) is 76.4 Å². The number of halogens is 1. The van der Waals surface area contributed by atoms with Crippen LogP contribution in [0.4, 0.5) is 4.39 Å². The summed E-state index contributed by atoms with van der Waals surface area (Å²) in [6.07, 6.45) is 0. The highest BCUT2D eigenvalue weighted by atomic mass is 32.2. The van der Waals surface area contributed by atoms with Crippen LogP contribution in [0.3, 0.4) is 0 Å². The van der Waals surface area contributed by atoms with Crippen molar-refractivity contribution in [2.45, 2.75) is 17.2 Å². The van der Waals surface area contributed by atoms with E-state index in [0.717, 1.165) is 16.2 Å². The normalized spacial score (nSPS) is 12.4. The van der Waals surface area contributed by atoms with E-state index in [2.05, 4.69) is 17.4 Å². The first kappa shape index (κ1) is 15.4. The SMILES string of the molecule is O=C(NCc1ccc(F)cc1)c1cc2c(s1)-c1ccccc1SC2. The number of hydrogen-bond donors (Lipinski definition) is 1. The number of nitrogens with one attached hydrogen (secondary N) is 1. The van der Waals surface area contributed by atoms with E-state index < -0.39 is 0 Å². The zero-order chi connectivity index (χ0) is 16.5. The predicted octanol–water partition coefficient (Wildman–Crippen LogP) is 5.09. The van der Waals surface area contributed by atoms with E-state index >= 15 is 0 Å². The molecule has 1 amide bonds. The van der Waals surface area contributed by atoms with E-state index in [-0.39, 0.29) is 11.7 Å². The smallest absolute Gasteiger partial charge is 0.261 e. The number of carbonyl (C=O) groups is 1. The first-order chi connectivity index (χ1) is 11.7. The maximum absolute atomic E-state index is 12.9. The highest BCUT2D eigenvalue weighted by molar-refractivity contribution is 7.98. The molecule has 24 heavy (non-hydrogen) atoms. The number of thiophene rings is 1. The summed E-state index contributed by atoms with van der Waals surface area (Å²) in [6.45, 7) is 0.396. The molecule has 0 atom stereocenters. The molecule has 0 fully saturated rings. The fourth-order valence-corrected chi connectivity index (χ4v) is 5.01. The Bertz CT molecular complexity index is 902. The number of carbonyl (C=O) groups excluding carboxylic acids is 1. The van der Waals surface area contributed by atoms with Crippen molar-refractivity contribution in [2.24, 2.45) is 0 Å². The van der Waals surface area contributed by atoms with Crippen molar-refractivity contribution in [1.82, 2.24) is 5.32 Å². The summed E-state index contributed by atoms with van der Waals surface area (Å²) in [7, 11) is 0. The third kappa shape index (κ3) is 2.97. The van der Waals surface area contributed by atoms with Gasteiger partial charge in [0.1, 0.15) is 5.82 Å². The van der Waals surface area contributed by atoms with Gasteiger partial charge in [-0.05, 0) is 35.4 Å². The Balaban J connectivity index is 1.52. The Hall–Kier alpha value is -2.11. The van der Waals surface area contributed by atoms with Crippen LogP contribution in [0.15, 0.2) is 59.5 Å². The van der Waals surface area contributed by atoms with Gasteiger partial charge in [0.2, 0.25) is 0 Å². The molecule has 3 aromatic rings. The fraction of sp³-hybridized carbons (Fsp3) is 0.105. The summed E-state index contributed by atoms with van der Waals surface area (Å²) in [5.41, 5.74) is 3.31. The van der Waals surface area contributed by atoms with Gasteiger partial charge in [-0.25, -0.2) is 4.39 Å². The second-order valence-electron chi connectivity index (χ2n) is 5.56. The van der Waals surface area contributed by atoms with Crippen LogP contribution in [-0.4, -0.2) is 5.91 Å². The van der Waals surface area contributed by atoms with Gasteiger partial charge in [0.05, 0.1) is 4.88 Å². The first-order valence-electron chi connectivity index (χ1n) is 7.58. The molecule has 2 nitrogen and oxygen atoms in total. The van der Waals surface area contributed by atoms with Gasteiger partial charge in [-0.15, -0.1) is 23.1 Å². The van der Waals surface area contributed by atoms with E-state index in [0.29, 0.717) is 6.54 Å². The fourth-order valence-electron chi connectivity index (χ4n) is 2.68. The predicted molar refractivity (Wildman–Crippen MR) is 96.9 cm³/mol. The van der Waals surface area contributed by atoms with Crippen molar-refractivity contribution in [3.63, 3.8) is 0 Å². The monoisotopic (exact) mass is 355 g/mol. The summed E-state index contributed by atoms with van der Waals surface area (Å²) in [5, 5.41) is 2.91. The molecule has 2 aromatic carbocycles. The molecule has 1 aliphatic rings. The van der Waals surface area contributed by atoms with Crippen molar-refractivity contribution in [1.29, 1.82) is 0 Å². The Morgan fingerprint density at radius 1 is 1.12 bits per heavy atom. The quantitative estimate of drug-likeness (QED) is 0.709. The van der Waals surface area contributed by atoms with Gasteiger partial charge in [-0.2, -0.15) is 0 Å². The zero-order valence-electron chi connectivity index (χ0n) is 12.7. The van der Waals surface area contributed by atoms with Crippen molar-refractivity contribution >= 4 is 29.0 Å². The second kappa shape index (κ2) is 6.42. The molecule has 0 aliphatic carbocycles. The Labute approximate surface area is 147 Å². The molecular formula is C19H14FNOS2. The molecule has 2 heterocycles. The van der Waals surface area contributed by atoms with Crippen LogP contribution in [0.5, 0.6) is 0 Å². The van der Waals surface area contributed by atoms with Crippen LogP contribution in [0.1, 0.15) is 20.8 Å². The van der Waals surface area contributed by atoms with Gasteiger partial charge in [0.25, 0.3) is 5.91 Å². The molecular weight excluding hydrogens is 341 g/mol. The topological polar surface area (TPSA) is 29.1 Å². The largest absolute Gasteiger partial charge is 0.347 e. The average Bonchev–Trinajstić information content (AvgIpc) is 3.06. The third-order valence-corrected chi connectivity index (χ3v) is 6.25. The van der Waals surface area contributed by atoms with Crippen molar-refractivity contribution < 1.29 is 9.18 Å². The highest BCUT2D eigenvalue weighted by Crippen LogP contribution is 2.45. The molecule has 4 rings (SSSR count). The molecule has 0 radical (unpaired) electrons. The van der Waals surface area contributed by atoms with E-state index in [4.69, 9.17) is 0 Å². The van der Waals surface area contributed by atoms with E-state index in [9.17, 15) is 9.18 Å². The van der Waals surface area contributed by atoms with Gasteiger partial charge in [0.15, 0.2) is 0 Å². The molecule has 5 heteroatoms. The Morgan fingerprint density at radius 3 is 2.75 bits per heavy atom. The van der Waals surface area contributed by atoms with Crippen molar-refractivity contribution in [3.8, 4) is 10.4 Å². The third-order valence-electron chi connectivity index (χ3n) is 3.91. The van der Waals surface area contributed by atoms with Gasteiger partial charge < -0.3 is 5.32 Å². The van der Waals surface area contributed by atoms with Crippen molar-refractivity contribution in [2.75, 3.05) is 0 Å². The number of hydrogen-bond acceptors (Lipinski definition) is 3. The molecule has 1 aromatic heterocycles. The standard InChI is InChI=1S/C19H14FNOS2/c20-14-7-5-12(6-8-14)10-21-19(22)17-9-13-11-23-16-4-2-1-3-15(16)18(13)24-17/h1-9H,10-11H2,(H,21,22). The summed E-state index contributed by atoms with van der Waals surface area (Å²) in [6, 6.07) is 16.5. The zero-order valence-corrected chi connectivity index (χ0v) is 14.3. The van der Waals surface area contributed by atoms with Crippen LogP contribution in [0.25, 0.3) is 10.4 Å². The minimum atomic E-state index is -0.271. The summed E-state index contributed by atoms with van der Waals surface area (Å²) in [4.78, 5) is 15.6. The number of thioether (sulfide) groups is 1. The number of benzene rings is 2. The molecule has 0 bridgehead atoms. The summed E-state index contributed by atoms with van der Waals surface area (Å²) in [5.74, 6) is 0.544. The molecule has 0 saturated carbocycles. The van der Waals surface area contributed by atoms with Crippen LogP contribution in [0.2, 0.25) is 0 Å². The number of amides is 1. The van der Waals surface area contributed by atoms with Gasteiger partial charge in [-0.1, -0.05) is 30.3 Å². The van der Waals surface area contributed by atoms with Crippen LogP contribution in [0, 0.1) is 5.82 Å². The minimum absolute atomic E-state index is 0.0822. The number of fused-ring (bicyclic) bond motifs is 3. The Kier molecular flexibility index (Phi) is 4.12. The molecule has 1 N–H and O–H groups in total. The van der Waals surface area contributed by atoms with Crippen LogP contribution >= 0.6 is 23.1 Å². The summed E-state index contributed by atoms with van der Waals surface area (Å²) >= 11 is 3.35. The maximum atomic E-state index is 12.9. The lowest BCUT2D eigenvalue weighted by atomic mass is 10.1. The van der Waals surface area contributed by atoms with Gasteiger partial charge in [-0.3, -0.25) is 4.79 Å². The summed E-state index contributed by atoms with van der Waals surface area (Å²) < 4.78 is 12.9. The second-order valence-corrected chi connectivity index (χ2v) is 7.63. The first-order valence-corrected chi connectivity index (χ1v) is 9.38. The van der Waals surface area contributed by atoms with Crippen LogP contribution in [-0.2, 0) is 12.3 Å². The van der Waals surface area contributed by atoms with Gasteiger partial charge in [0, 0.05) is 27.6 Å².